The van der Waals surface area contributed by atoms with Gasteiger partial charge in [-0.2, -0.15) is 5.10 Å². The Kier molecular flexibility index (Phi) is 14.0. The minimum atomic E-state index is -1.12. The summed E-state index contributed by atoms with van der Waals surface area (Å²) in [6, 6.07) is 29.0. The predicted octanol–water partition coefficient (Wildman–Crippen LogP) is 7.81. The first kappa shape index (κ1) is 49.5. The van der Waals surface area contributed by atoms with Crippen molar-refractivity contribution >= 4 is 78.7 Å². The fourth-order valence-electron chi connectivity index (χ4n) is 11.4. The Hall–Kier alpha value is -7.70. The Balaban J connectivity index is 0.647. The molecule has 0 saturated carbocycles. The highest BCUT2D eigenvalue weighted by Crippen LogP contribution is 2.37. The van der Waals surface area contributed by atoms with E-state index in [2.05, 4.69) is 31.5 Å². The van der Waals surface area contributed by atoms with Crippen LogP contribution in [0.5, 0.6) is 5.75 Å². The highest BCUT2D eigenvalue weighted by atomic mass is 32.1. The van der Waals surface area contributed by atoms with E-state index in [4.69, 9.17) is 14.8 Å². The molecular formula is C57H60N10O7S. The zero-order valence-electron chi connectivity index (χ0n) is 42.2. The van der Waals surface area contributed by atoms with Crippen molar-refractivity contribution in [3.63, 3.8) is 0 Å². The van der Waals surface area contributed by atoms with Gasteiger partial charge in [-0.3, -0.25) is 39.4 Å². The number of likely N-dealkylation sites (tertiary alicyclic amines) is 1. The molecule has 0 aliphatic carbocycles. The molecule has 1 unspecified atom stereocenters. The lowest BCUT2D eigenvalue weighted by molar-refractivity contribution is -0.135. The number of ether oxygens (including phenoxy) is 1. The number of piperazine rings is 1. The van der Waals surface area contributed by atoms with E-state index in [9.17, 15) is 29.1 Å². The number of hydrogen-bond acceptors (Lipinski definition) is 13. The average Bonchev–Trinajstić information content (AvgIpc) is 4.00. The number of carbonyl (C=O) groups excluding carboxylic acids is 4. The number of anilines is 3. The molecule has 4 amide bonds. The molecule has 11 rings (SSSR count). The first-order chi connectivity index (χ1) is 36.4. The molecule has 1 atom stereocenters. The maximum Gasteiger partial charge on any atom is 0.355 e. The lowest BCUT2D eigenvalue weighted by Crippen LogP contribution is -2.52. The van der Waals surface area contributed by atoms with Crippen molar-refractivity contribution in [1.82, 2.24) is 34.9 Å². The molecule has 4 aliphatic heterocycles. The van der Waals surface area contributed by atoms with E-state index in [1.165, 1.54) is 11.3 Å². The summed E-state index contributed by atoms with van der Waals surface area (Å²) in [7, 11) is 1.89. The molecule has 3 saturated heterocycles. The van der Waals surface area contributed by atoms with Gasteiger partial charge in [0.1, 0.15) is 11.6 Å². The quantitative estimate of drug-likeness (QED) is 0.0706. The molecule has 7 aromatic rings. The van der Waals surface area contributed by atoms with Gasteiger partial charge in [0, 0.05) is 69.3 Å². The Bertz CT molecular complexity index is 3320. The number of nitrogens with one attached hydrogen (secondary N) is 2. The largest absolute Gasteiger partial charge is 0.493 e. The van der Waals surface area contributed by atoms with Gasteiger partial charge in [-0.15, -0.1) is 0 Å². The van der Waals surface area contributed by atoms with Crippen LogP contribution in [0.1, 0.15) is 87.7 Å². The zero-order valence-corrected chi connectivity index (χ0v) is 43.0. The molecule has 0 radical (unpaired) electrons. The smallest absolute Gasteiger partial charge is 0.355 e. The van der Waals surface area contributed by atoms with Gasteiger partial charge in [0.05, 0.1) is 46.2 Å². The van der Waals surface area contributed by atoms with Crippen LogP contribution < -0.4 is 25.2 Å². The summed E-state index contributed by atoms with van der Waals surface area (Å²) in [5.41, 5.74) is 8.08. The first-order valence-electron chi connectivity index (χ1n) is 26.0. The van der Waals surface area contributed by atoms with Crippen LogP contribution in [0, 0.1) is 12.8 Å². The first-order valence-corrected chi connectivity index (χ1v) is 26.8. The molecular weight excluding hydrogens is 969 g/mol. The minimum Gasteiger partial charge on any atom is -0.493 e. The third kappa shape index (κ3) is 10.3. The van der Waals surface area contributed by atoms with Crippen LogP contribution in [-0.4, -0.2) is 123 Å². The number of nitrogens with zero attached hydrogens (tertiary/aromatic N) is 8. The maximum absolute atomic E-state index is 13.7. The van der Waals surface area contributed by atoms with E-state index in [1.807, 2.05) is 113 Å². The van der Waals surface area contributed by atoms with Crippen molar-refractivity contribution in [2.45, 2.75) is 64.3 Å². The van der Waals surface area contributed by atoms with Crippen molar-refractivity contribution < 1.29 is 33.8 Å². The summed E-state index contributed by atoms with van der Waals surface area (Å²) >= 11 is 1.43. The topological polar surface area (TPSA) is 195 Å². The molecule has 18 heteroatoms. The SMILES string of the molecule is Cc1c(OCCCC2CCN(CC(=O)N3CCN(c4cccc5c(C6CCC(=O)NC6=O)nn(C)c45)CC3)CC2)cccc1-c1ccc(N2CCc3cccc(C(=O)Nc4nc5ccccc5s4)c3C2)nc1C(=O)O. The normalized spacial score (nSPS) is 17.6. The molecule has 3 N–H and O–H groups in total. The van der Waals surface area contributed by atoms with Gasteiger partial charge in [-0.1, -0.05) is 59.9 Å². The highest BCUT2D eigenvalue weighted by molar-refractivity contribution is 7.22. The van der Waals surface area contributed by atoms with E-state index < -0.39 is 11.9 Å². The summed E-state index contributed by atoms with van der Waals surface area (Å²) < 4.78 is 9.18. The summed E-state index contributed by atoms with van der Waals surface area (Å²) in [5.74, 6) is -0.423. The number of aromatic nitrogens is 4. The number of imide groups is 1. The van der Waals surface area contributed by atoms with Gasteiger partial charge in [0.15, 0.2) is 10.8 Å². The van der Waals surface area contributed by atoms with Crippen LogP contribution in [0.3, 0.4) is 0 Å². The van der Waals surface area contributed by atoms with Crippen molar-refractivity contribution in [2.75, 3.05) is 74.1 Å². The number of rotatable bonds is 14. The fraction of sp³-hybridized carbons (Fsp3) is 0.368. The van der Waals surface area contributed by atoms with Crippen LogP contribution in [0.25, 0.3) is 32.2 Å². The van der Waals surface area contributed by atoms with Crippen molar-refractivity contribution in [2.24, 2.45) is 13.0 Å². The second-order valence-corrected chi connectivity index (χ2v) is 21.1. The number of para-hydroxylation sites is 2. The fourth-order valence-corrected chi connectivity index (χ4v) is 12.3. The van der Waals surface area contributed by atoms with Gasteiger partial charge in [-0.05, 0) is 129 Å². The minimum absolute atomic E-state index is 0.0459. The van der Waals surface area contributed by atoms with Crippen LogP contribution in [0.4, 0.5) is 16.6 Å². The Labute approximate surface area is 438 Å². The molecule has 75 heavy (non-hydrogen) atoms. The summed E-state index contributed by atoms with van der Waals surface area (Å²) in [5, 5.41) is 22.2. The van der Waals surface area contributed by atoms with E-state index in [0.717, 1.165) is 87.8 Å². The Morgan fingerprint density at radius 3 is 2.43 bits per heavy atom. The van der Waals surface area contributed by atoms with Gasteiger partial charge in [0.25, 0.3) is 5.91 Å². The number of carboxylic acid groups (broad SMARTS) is 1. The van der Waals surface area contributed by atoms with Crippen molar-refractivity contribution in [3.05, 3.63) is 125 Å². The number of carbonyl (C=O) groups is 5. The molecule has 4 aliphatic rings. The molecule has 0 bridgehead atoms. The van der Waals surface area contributed by atoms with Crippen molar-refractivity contribution in [1.29, 1.82) is 0 Å². The number of benzene rings is 4. The number of thiazole rings is 1. The molecule has 3 fully saturated rings. The molecule has 0 spiro atoms. The van der Waals surface area contributed by atoms with E-state index in [-0.39, 0.29) is 29.3 Å². The highest BCUT2D eigenvalue weighted by Gasteiger charge is 2.34. The predicted molar refractivity (Wildman–Crippen MR) is 289 cm³/mol. The molecule has 4 aromatic carbocycles. The number of fused-ring (bicyclic) bond motifs is 3. The number of aromatic carboxylic acids is 1. The summed E-state index contributed by atoms with van der Waals surface area (Å²) in [4.78, 5) is 82.5. The lowest BCUT2D eigenvalue weighted by atomic mass is 9.92. The number of amides is 4. The third-order valence-electron chi connectivity index (χ3n) is 15.5. The third-order valence-corrected chi connectivity index (χ3v) is 16.5. The van der Waals surface area contributed by atoms with Gasteiger partial charge in [-0.25, -0.2) is 14.8 Å². The maximum atomic E-state index is 13.7. The summed E-state index contributed by atoms with van der Waals surface area (Å²) in [6.07, 6.45) is 5.37. The molecule has 3 aromatic heterocycles. The van der Waals surface area contributed by atoms with Crippen LogP contribution in [0.2, 0.25) is 0 Å². The van der Waals surface area contributed by atoms with E-state index in [1.54, 1.807) is 0 Å². The Morgan fingerprint density at radius 2 is 1.63 bits per heavy atom. The van der Waals surface area contributed by atoms with Gasteiger partial charge >= 0.3 is 5.97 Å². The number of carboxylic acids is 1. The molecule has 7 heterocycles. The number of piperidine rings is 2. The zero-order chi connectivity index (χ0) is 51.7. The molecule has 17 nitrogen and oxygen atoms in total. The average molecular weight is 1030 g/mol. The van der Waals surface area contributed by atoms with E-state index in [0.29, 0.717) is 111 Å². The van der Waals surface area contributed by atoms with Crippen LogP contribution in [-0.2, 0) is 34.4 Å². The van der Waals surface area contributed by atoms with E-state index >= 15 is 0 Å². The van der Waals surface area contributed by atoms with Crippen LogP contribution in [0.15, 0.2) is 91.0 Å². The van der Waals surface area contributed by atoms with Crippen molar-refractivity contribution in [3.8, 4) is 16.9 Å². The van der Waals surface area contributed by atoms with Gasteiger partial charge in [0.2, 0.25) is 17.7 Å². The number of aryl methyl sites for hydroxylation is 1. The number of pyridine rings is 1. The monoisotopic (exact) mass is 1030 g/mol. The second-order valence-electron chi connectivity index (χ2n) is 20.1. The molecule has 386 valence electrons. The lowest BCUT2D eigenvalue weighted by Gasteiger charge is -2.38. The van der Waals surface area contributed by atoms with Gasteiger partial charge < -0.3 is 24.5 Å². The Morgan fingerprint density at radius 1 is 0.827 bits per heavy atom. The second kappa shape index (κ2) is 21.3. The standard InChI is InChI=1S/C57H60N10O7S/c1-35-38(39-18-20-48(59-52(39)56(72)73)67-27-24-37-10-5-12-40(43(37)33-67)54(70)61-57-58-44-14-3-4-17-47(44)75-57)11-7-16-46(35)74-32-8-9-36-22-25-64(26-23-36)34-50(69)66-30-28-65(29-31-66)45-15-6-13-41-51(62-63(2)53(41)45)42-19-21-49(68)60-55(42)71/h3-7,10-18,20,36,42H,8-9,19,21-34H2,1-2H3,(H,72,73)(H,58,61,70)(H,60,68,71). The summed E-state index contributed by atoms with van der Waals surface area (Å²) in [6.45, 7) is 8.33. The number of hydrogen-bond donors (Lipinski definition) is 3. The van der Waals surface area contributed by atoms with Crippen LogP contribution >= 0.6 is 11.3 Å².